The lowest BCUT2D eigenvalue weighted by Crippen LogP contribution is -2.16. The van der Waals surface area contributed by atoms with E-state index in [-0.39, 0.29) is 12.1 Å². The van der Waals surface area contributed by atoms with Gasteiger partial charge in [0, 0.05) is 12.1 Å². The van der Waals surface area contributed by atoms with E-state index in [4.69, 9.17) is 0 Å². The lowest BCUT2D eigenvalue weighted by atomic mass is 10.1. The van der Waals surface area contributed by atoms with Gasteiger partial charge in [0.15, 0.2) is 0 Å². The molecule has 0 N–H and O–H groups in total. The molecule has 2 rings (SSSR count). The van der Waals surface area contributed by atoms with Crippen LogP contribution in [0, 0.1) is 10.1 Å². The van der Waals surface area contributed by atoms with E-state index in [1.165, 1.54) is 30.3 Å². The summed E-state index contributed by atoms with van der Waals surface area (Å²) in [6, 6.07) is 9.04. The molecule has 0 aromatic heterocycles. The van der Waals surface area contributed by atoms with Crippen molar-refractivity contribution >= 4 is 15.8 Å². The number of non-ortho nitro benzene ring substituents is 1. The van der Waals surface area contributed by atoms with Crippen molar-refractivity contribution in [3.63, 3.8) is 0 Å². The summed E-state index contributed by atoms with van der Waals surface area (Å²) in [6.07, 6.45) is -4.77. The van der Waals surface area contributed by atoms with E-state index in [0.717, 1.165) is 12.1 Å². The summed E-state index contributed by atoms with van der Waals surface area (Å²) in [6.45, 7) is -0.396. The normalized spacial score (nSPS) is 12.1. The molecule has 0 aliphatic rings. The highest BCUT2D eigenvalue weighted by molar-refractivity contribution is 7.86. The Labute approximate surface area is 141 Å². The van der Waals surface area contributed by atoms with Gasteiger partial charge >= 0.3 is 6.18 Å². The molecule has 25 heavy (non-hydrogen) atoms. The molecule has 0 atom stereocenters. The van der Waals surface area contributed by atoms with Crippen LogP contribution >= 0.6 is 0 Å². The van der Waals surface area contributed by atoms with Crippen LogP contribution in [0.4, 0.5) is 18.9 Å². The van der Waals surface area contributed by atoms with Gasteiger partial charge in [0.05, 0.1) is 17.1 Å². The standard InChI is InChI=1S/C15H12F3NO5S/c16-15(17,18)13-3-1-2-4-14(13)25(22,23)24-10-9-11-5-7-12(8-6-11)19(20)21/h1-8H,9-10H2. The number of hydrogen-bond donors (Lipinski definition) is 0. The predicted octanol–water partition coefficient (Wildman–Crippen LogP) is 3.56. The summed E-state index contributed by atoms with van der Waals surface area (Å²) in [5, 5.41) is 10.5. The zero-order valence-corrected chi connectivity index (χ0v) is 13.4. The molecule has 0 radical (unpaired) electrons. The van der Waals surface area contributed by atoms with E-state index in [2.05, 4.69) is 4.18 Å². The van der Waals surface area contributed by atoms with Gasteiger partial charge in [-0.15, -0.1) is 0 Å². The van der Waals surface area contributed by atoms with Crippen LogP contribution in [0.15, 0.2) is 53.4 Å². The van der Waals surface area contributed by atoms with E-state index < -0.39 is 38.3 Å². The average Bonchev–Trinajstić information content (AvgIpc) is 2.54. The molecule has 2 aromatic carbocycles. The predicted molar refractivity (Wildman–Crippen MR) is 81.4 cm³/mol. The molecule has 0 amide bonds. The lowest BCUT2D eigenvalue weighted by Gasteiger charge is -2.13. The fourth-order valence-corrected chi connectivity index (χ4v) is 3.16. The first-order chi connectivity index (χ1) is 11.6. The minimum atomic E-state index is -4.83. The van der Waals surface area contributed by atoms with Crippen molar-refractivity contribution in [1.29, 1.82) is 0 Å². The minimum Gasteiger partial charge on any atom is -0.266 e. The van der Waals surface area contributed by atoms with Crippen molar-refractivity contribution in [2.45, 2.75) is 17.5 Å². The average molecular weight is 375 g/mol. The molecule has 0 unspecified atom stereocenters. The zero-order valence-electron chi connectivity index (χ0n) is 12.6. The molecule has 0 aliphatic heterocycles. The van der Waals surface area contributed by atoms with Crippen LogP contribution < -0.4 is 0 Å². The van der Waals surface area contributed by atoms with Gasteiger partial charge in [-0.05, 0) is 24.1 Å². The minimum absolute atomic E-state index is 0.0609. The smallest absolute Gasteiger partial charge is 0.266 e. The van der Waals surface area contributed by atoms with Crippen molar-refractivity contribution in [3.8, 4) is 0 Å². The van der Waals surface area contributed by atoms with Gasteiger partial charge in [-0.25, -0.2) is 0 Å². The molecule has 2 aromatic rings. The summed E-state index contributed by atoms with van der Waals surface area (Å²) < 4.78 is 67.4. The first-order valence-electron chi connectivity index (χ1n) is 6.90. The highest BCUT2D eigenvalue weighted by Gasteiger charge is 2.37. The molecule has 0 bridgehead atoms. The molecule has 0 aliphatic carbocycles. The number of rotatable bonds is 6. The van der Waals surface area contributed by atoms with E-state index in [9.17, 15) is 31.7 Å². The van der Waals surface area contributed by atoms with Crippen LogP contribution in [0.25, 0.3) is 0 Å². The van der Waals surface area contributed by atoms with Crippen LogP contribution in [0.5, 0.6) is 0 Å². The Hall–Kier alpha value is -2.46. The molecule has 10 heteroatoms. The number of alkyl halides is 3. The van der Waals surface area contributed by atoms with Gasteiger partial charge in [0.1, 0.15) is 4.90 Å². The monoisotopic (exact) mass is 375 g/mol. The highest BCUT2D eigenvalue weighted by atomic mass is 32.2. The Morgan fingerprint density at radius 1 is 1.04 bits per heavy atom. The van der Waals surface area contributed by atoms with E-state index in [1.54, 1.807) is 0 Å². The van der Waals surface area contributed by atoms with E-state index >= 15 is 0 Å². The van der Waals surface area contributed by atoms with Crippen molar-refractivity contribution in [1.82, 2.24) is 0 Å². The second kappa shape index (κ2) is 7.19. The summed E-state index contributed by atoms with van der Waals surface area (Å²) in [7, 11) is -4.59. The third kappa shape index (κ3) is 4.77. The van der Waals surface area contributed by atoms with Crippen LogP contribution in [0.2, 0.25) is 0 Å². The maximum atomic E-state index is 12.9. The Bertz CT molecular complexity index is 863. The number of hydrogen-bond acceptors (Lipinski definition) is 5. The third-order valence-electron chi connectivity index (χ3n) is 3.24. The van der Waals surface area contributed by atoms with Crippen molar-refractivity contribution in [2.75, 3.05) is 6.61 Å². The Balaban J connectivity index is 2.09. The Morgan fingerprint density at radius 2 is 1.64 bits per heavy atom. The second-order valence-corrected chi connectivity index (χ2v) is 6.53. The Kier molecular flexibility index (Phi) is 5.43. The summed E-state index contributed by atoms with van der Waals surface area (Å²) in [5.41, 5.74) is -0.883. The molecule has 134 valence electrons. The number of nitrogens with zero attached hydrogens (tertiary/aromatic N) is 1. The number of halogens is 3. The fraction of sp³-hybridized carbons (Fsp3) is 0.200. The van der Waals surface area contributed by atoms with Gasteiger partial charge in [-0.3, -0.25) is 14.3 Å². The van der Waals surface area contributed by atoms with E-state index in [1.807, 2.05) is 0 Å². The SMILES string of the molecule is O=[N+]([O-])c1ccc(CCOS(=O)(=O)c2ccccc2C(F)(F)F)cc1. The van der Waals surface area contributed by atoms with Gasteiger partial charge in [0.25, 0.3) is 15.8 Å². The second-order valence-electron chi connectivity index (χ2n) is 4.94. The maximum Gasteiger partial charge on any atom is 0.417 e. The van der Waals surface area contributed by atoms with Gasteiger partial charge in [-0.1, -0.05) is 24.3 Å². The van der Waals surface area contributed by atoms with Gasteiger partial charge < -0.3 is 0 Å². The maximum absolute atomic E-state index is 12.9. The van der Waals surface area contributed by atoms with Crippen molar-refractivity contribution < 1.29 is 30.7 Å². The van der Waals surface area contributed by atoms with E-state index in [0.29, 0.717) is 11.6 Å². The van der Waals surface area contributed by atoms with Crippen LogP contribution in [-0.2, 0) is 26.9 Å². The largest absolute Gasteiger partial charge is 0.417 e. The van der Waals surface area contributed by atoms with Gasteiger partial charge in [-0.2, -0.15) is 21.6 Å². The molecule has 0 spiro atoms. The Morgan fingerprint density at radius 3 is 2.20 bits per heavy atom. The quantitative estimate of drug-likeness (QED) is 0.438. The molecular formula is C15H12F3NO5S. The summed E-state index contributed by atoms with van der Waals surface area (Å²) in [4.78, 5) is 9.00. The summed E-state index contributed by atoms with van der Waals surface area (Å²) in [5.74, 6) is 0. The lowest BCUT2D eigenvalue weighted by molar-refractivity contribution is -0.384. The fourth-order valence-electron chi connectivity index (χ4n) is 2.04. The first-order valence-corrected chi connectivity index (χ1v) is 8.31. The first kappa shape index (κ1) is 18.9. The molecule has 0 saturated carbocycles. The van der Waals surface area contributed by atoms with Crippen LogP contribution in [-0.4, -0.2) is 19.9 Å². The van der Waals surface area contributed by atoms with Crippen LogP contribution in [0.1, 0.15) is 11.1 Å². The molecule has 0 saturated heterocycles. The molecule has 0 heterocycles. The van der Waals surface area contributed by atoms with Crippen molar-refractivity contribution in [3.05, 3.63) is 69.8 Å². The third-order valence-corrected chi connectivity index (χ3v) is 4.61. The number of benzene rings is 2. The molecular weight excluding hydrogens is 363 g/mol. The number of nitro groups is 1. The number of nitro benzene ring substituents is 1. The molecule has 6 nitrogen and oxygen atoms in total. The summed E-state index contributed by atoms with van der Waals surface area (Å²) >= 11 is 0. The van der Waals surface area contributed by atoms with Crippen LogP contribution in [0.3, 0.4) is 0 Å². The van der Waals surface area contributed by atoms with Gasteiger partial charge in [0.2, 0.25) is 0 Å². The van der Waals surface area contributed by atoms with Crippen molar-refractivity contribution in [2.24, 2.45) is 0 Å². The highest BCUT2D eigenvalue weighted by Crippen LogP contribution is 2.34. The molecule has 0 fully saturated rings. The zero-order chi connectivity index (χ0) is 18.7. The topological polar surface area (TPSA) is 86.5 Å².